The van der Waals surface area contributed by atoms with Gasteiger partial charge in [-0.25, -0.2) is 0 Å². The van der Waals surface area contributed by atoms with Crippen LogP contribution in [0.2, 0.25) is 0 Å². The first-order chi connectivity index (χ1) is 10.8. The fourth-order valence-electron chi connectivity index (χ4n) is 2.06. The average molecular weight is 304 g/mol. The van der Waals surface area contributed by atoms with Crippen LogP contribution in [-0.4, -0.2) is 50.2 Å². The Bertz CT molecular complexity index is 527. The van der Waals surface area contributed by atoms with E-state index in [4.69, 9.17) is 14.4 Å². The van der Waals surface area contributed by atoms with Gasteiger partial charge >= 0.3 is 0 Å². The Morgan fingerprint density at radius 2 is 2.27 bits per heavy atom. The molecule has 0 aromatic carbocycles. The maximum absolute atomic E-state index is 11.9. The van der Waals surface area contributed by atoms with Crippen LogP contribution >= 0.6 is 0 Å². The summed E-state index contributed by atoms with van der Waals surface area (Å²) in [5.41, 5.74) is 0.0496. The summed E-state index contributed by atoms with van der Waals surface area (Å²) in [7, 11) is 0. The third-order valence-corrected chi connectivity index (χ3v) is 3.29. The minimum Gasteiger partial charge on any atom is -0.467 e. The summed E-state index contributed by atoms with van der Waals surface area (Å²) in [5.74, 6) is 0.365. The molecule has 2 N–H and O–H groups in total. The number of carbonyl (C=O) groups is 1. The van der Waals surface area contributed by atoms with E-state index in [0.29, 0.717) is 13.1 Å². The van der Waals surface area contributed by atoms with Crippen molar-refractivity contribution < 1.29 is 13.9 Å². The van der Waals surface area contributed by atoms with Crippen molar-refractivity contribution in [2.45, 2.75) is 6.54 Å². The summed E-state index contributed by atoms with van der Waals surface area (Å²) in [6.07, 6.45) is 2.98. The lowest BCUT2D eigenvalue weighted by atomic mass is 10.3. The number of nitrogens with zero attached hydrogens (tertiary/aromatic N) is 2. The largest absolute Gasteiger partial charge is 0.467 e. The molecule has 0 radical (unpaired) electrons. The number of hydrogen-bond donors (Lipinski definition) is 2. The van der Waals surface area contributed by atoms with Crippen LogP contribution in [0.4, 0.5) is 0 Å². The molecule has 0 saturated carbocycles. The molecule has 0 atom stereocenters. The summed E-state index contributed by atoms with van der Waals surface area (Å²) < 4.78 is 10.4. The summed E-state index contributed by atoms with van der Waals surface area (Å²) in [4.78, 5) is 14.1. The molecular weight excluding hydrogens is 284 g/mol. The number of nitriles is 1. The second-order valence-electron chi connectivity index (χ2n) is 4.84. The topological polar surface area (TPSA) is 90.5 Å². The molecule has 1 aliphatic heterocycles. The zero-order valence-corrected chi connectivity index (χ0v) is 12.4. The van der Waals surface area contributed by atoms with Crippen LogP contribution < -0.4 is 10.6 Å². The van der Waals surface area contributed by atoms with Crippen LogP contribution in [0.1, 0.15) is 5.76 Å². The van der Waals surface area contributed by atoms with Gasteiger partial charge in [0.05, 0.1) is 26.0 Å². The van der Waals surface area contributed by atoms with Crippen LogP contribution in [0.15, 0.2) is 34.6 Å². The molecule has 1 aromatic heterocycles. The fourth-order valence-corrected chi connectivity index (χ4v) is 2.06. The van der Waals surface area contributed by atoms with Gasteiger partial charge in [-0.3, -0.25) is 9.69 Å². The molecule has 0 unspecified atom stereocenters. The predicted octanol–water partition coefficient (Wildman–Crippen LogP) is 0.225. The van der Waals surface area contributed by atoms with Gasteiger partial charge in [0.2, 0.25) is 0 Å². The van der Waals surface area contributed by atoms with E-state index >= 15 is 0 Å². The summed E-state index contributed by atoms with van der Waals surface area (Å²) >= 11 is 0. The van der Waals surface area contributed by atoms with Crippen molar-refractivity contribution in [3.63, 3.8) is 0 Å². The van der Waals surface area contributed by atoms with Gasteiger partial charge in [-0.15, -0.1) is 0 Å². The van der Waals surface area contributed by atoms with Gasteiger partial charge in [0.1, 0.15) is 17.4 Å². The van der Waals surface area contributed by atoms with Crippen LogP contribution in [0.3, 0.4) is 0 Å². The molecule has 1 fully saturated rings. The van der Waals surface area contributed by atoms with E-state index in [2.05, 4.69) is 15.5 Å². The molecular formula is C15H20N4O3. The van der Waals surface area contributed by atoms with E-state index in [9.17, 15) is 4.79 Å². The lowest BCUT2D eigenvalue weighted by molar-refractivity contribution is -0.117. The molecule has 1 saturated heterocycles. The van der Waals surface area contributed by atoms with Gasteiger partial charge in [0.25, 0.3) is 5.91 Å². The van der Waals surface area contributed by atoms with E-state index in [1.807, 2.05) is 12.1 Å². The zero-order chi connectivity index (χ0) is 15.6. The Balaban J connectivity index is 1.70. The minimum absolute atomic E-state index is 0.0496. The Morgan fingerprint density at radius 3 is 2.95 bits per heavy atom. The molecule has 2 rings (SSSR count). The predicted molar refractivity (Wildman–Crippen MR) is 79.5 cm³/mol. The number of ether oxygens (including phenoxy) is 1. The Hall–Kier alpha value is -2.30. The van der Waals surface area contributed by atoms with Crippen molar-refractivity contribution in [2.75, 3.05) is 39.4 Å². The molecule has 1 aliphatic rings. The highest BCUT2D eigenvalue weighted by molar-refractivity contribution is 5.97. The van der Waals surface area contributed by atoms with Crippen molar-refractivity contribution >= 4 is 5.91 Å². The molecule has 0 spiro atoms. The first-order valence-electron chi connectivity index (χ1n) is 7.24. The Labute approximate surface area is 129 Å². The molecule has 22 heavy (non-hydrogen) atoms. The lowest BCUT2D eigenvalue weighted by Gasteiger charge is -2.26. The first kappa shape index (κ1) is 16.1. The van der Waals surface area contributed by atoms with Crippen LogP contribution in [0.25, 0.3) is 0 Å². The van der Waals surface area contributed by atoms with Crippen LogP contribution in [0.5, 0.6) is 0 Å². The number of carbonyl (C=O) groups excluding carboxylic acids is 1. The quantitative estimate of drug-likeness (QED) is 0.553. The van der Waals surface area contributed by atoms with Crippen molar-refractivity contribution in [1.82, 2.24) is 15.5 Å². The molecule has 1 amide bonds. The van der Waals surface area contributed by atoms with Gasteiger partial charge in [-0.2, -0.15) is 5.26 Å². The van der Waals surface area contributed by atoms with Crippen molar-refractivity contribution in [1.29, 1.82) is 5.26 Å². The van der Waals surface area contributed by atoms with E-state index in [1.165, 1.54) is 6.20 Å². The van der Waals surface area contributed by atoms with E-state index in [-0.39, 0.29) is 11.5 Å². The molecule has 2 heterocycles. The highest BCUT2D eigenvalue weighted by Crippen LogP contribution is 1.99. The molecule has 0 aliphatic carbocycles. The monoisotopic (exact) mass is 304 g/mol. The van der Waals surface area contributed by atoms with Crippen LogP contribution in [0, 0.1) is 11.3 Å². The van der Waals surface area contributed by atoms with E-state index in [0.717, 1.165) is 38.6 Å². The zero-order valence-electron chi connectivity index (χ0n) is 12.4. The number of furan rings is 1. The lowest BCUT2D eigenvalue weighted by Crippen LogP contribution is -2.41. The second kappa shape index (κ2) is 8.87. The van der Waals surface area contributed by atoms with Crippen molar-refractivity contribution in [2.24, 2.45) is 0 Å². The highest BCUT2D eigenvalue weighted by atomic mass is 16.5. The van der Waals surface area contributed by atoms with E-state index in [1.54, 1.807) is 12.3 Å². The third-order valence-electron chi connectivity index (χ3n) is 3.29. The summed E-state index contributed by atoms with van der Waals surface area (Å²) in [6.45, 7) is 4.91. The Kier molecular flexibility index (Phi) is 6.48. The maximum atomic E-state index is 11.9. The number of rotatable bonds is 7. The van der Waals surface area contributed by atoms with Gasteiger partial charge in [0, 0.05) is 32.4 Å². The van der Waals surface area contributed by atoms with Gasteiger partial charge in [-0.05, 0) is 12.1 Å². The standard InChI is InChI=1S/C15H20N4O3/c16-10-13(11-17-12-14-2-1-7-22-14)15(20)18-3-4-19-5-8-21-9-6-19/h1-2,7,11,17H,3-6,8-9,12H2,(H,18,20)/b13-11-. The van der Waals surface area contributed by atoms with E-state index < -0.39 is 0 Å². The first-order valence-corrected chi connectivity index (χ1v) is 7.24. The molecule has 1 aromatic rings. The summed E-state index contributed by atoms with van der Waals surface area (Å²) in [6, 6.07) is 5.49. The van der Waals surface area contributed by atoms with Crippen LogP contribution in [-0.2, 0) is 16.1 Å². The minimum atomic E-state index is -0.372. The SMILES string of the molecule is N#C/C(=C/NCc1ccco1)C(=O)NCCN1CCOCC1. The Morgan fingerprint density at radius 1 is 1.45 bits per heavy atom. The highest BCUT2D eigenvalue weighted by Gasteiger charge is 2.12. The molecule has 7 heteroatoms. The second-order valence-corrected chi connectivity index (χ2v) is 4.84. The molecule has 7 nitrogen and oxygen atoms in total. The van der Waals surface area contributed by atoms with Gasteiger partial charge in [0.15, 0.2) is 0 Å². The summed E-state index contributed by atoms with van der Waals surface area (Å²) in [5, 5.41) is 14.7. The number of morpholine rings is 1. The van der Waals surface area contributed by atoms with Crippen molar-refractivity contribution in [3.8, 4) is 6.07 Å². The van der Waals surface area contributed by atoms with Gasteiger partial charge < -0.3 is 19.8 Å². The fraction of sp³-hybridized carbons (Fsp3) is 0.467. The van der Waals surface area contributed by atoms with Gasteiger partial charge in [-0.1, -0.05) is 0 Å². The van der Waals surface area contributed by atoms with Crippen molar-refractivity contribution in [3.05, 3.63) is 35.9 Å². The molecule has 0 bridgehead atoms. The third kappa shape index (κ3) is 5.24. The molecule has 118 valence electrons. The number of nitrogens with one attached hydrogen (secondary N) is 2. The normalized spacial score (nSPS) is 16.0. The maximum Gasteiger partial charge on any atom is 0.263 e. The number of hydrogen-bond acceptors (Lipinski definition) is 6. The number of amides is 1. The smallest absolute Gasteiger partial charge is 0.263 e. The average Bonchev–Trinajstić information content (AvgIpc) is 3.06.